The van der Waals surface area contributed by atoms with Crippen molar-refractivity contribution >= 4 is 49.4 Å². The van der Waals surface area contributed by atoms with Crippen molar-refractivity contribution in [1.82, 2.24) is 13.5 Å². The molecule has 0 atom stereocenters. The lowest BCUT2D eigenvalue weighted by Crippen LogP contribution is -2.28. The van der Waals surface area contributed by atoms with E-state index < -0.39 is 27.3 Å². The number of carbonyl (C=O) groups is 1. The summed E-state index contributed by atoms with van der Waals surface area (Å²) >= 11 is 2.14. The summed E-state index contributed by atoms with van der Waals surface area (Å²) in [6.45, 7) is 1.16. The number of nitrogens with zero attached hydrogens (tertiary/aromatic N) is 3. The fourth-order valence-electron chi connectivity index (χ4n) is 1.61. The Balaban J connectivity index is 2.61. The van der Waals surface area contributed by atoms with Crippen molar-refractivity contribution in [2.24, 2.45) is 0 Å². The molecule has 0 aliphatic rings. The van der Waals surface area contributed by atoms with Gasteiger partial charge in [0.1, 0.15) is 11.2 Å². The van der Waals surface area contributed by atoms with E-state index in [1.807, 2.05) is 0 Å². The Morgan fingerprint density at radius 3 is 2.55 bits per heavy atom. The lowest BCUT2D eigenvalue weighted by atomic mass is 10.2. The lowest BCUT2D eigenvalue weighted by Gasteiger charge is -2.08. The minimum atomic E-state index is -5.89. The quantitative estimate of drug-likeness (QED) is 0.368. The molecule has 0 saturated heterocycles. The van der Waals surface area contributed by atoms with Gasteiger partial charge in [0.25, 0.3) is 5.88 Å². The van der Waals surface area contributed by atoms with Gasteiger partial charge < -0.3 is 13.5 Å². The molecule has 0 saturated carbocycles. The first-order chi connectivity index (χ1) is 9.95. The van der Waals surface area contributed by atoms with E-state index >= 15 is 0 Å². The highest BCUT2D eigenvalue weighted by molar-refractivity contribution is 7.87. The first-order valence-corrected chi connectivity index (χ1v) is 7.32. The SMILES string of the molecule is CC(=O)c1c(N)[n]([Al])c2ncc(OS(=O)(=O)C(F)(F)F)nc12. The summed E-state index contributed by atoms with van der Waals surface area (Å²) in [5.41, 5.74) is -0.163. The normalized spacial score (nSPS) is 12.5. The largest absolute Gasteiger partial charge is 0.534 e. The van der Waals surface area contributed by atoms with E-state index in [9.17, 15) is 26.4 Å². The van der Waals surface area contributed by atoms with Crippen molar-refractivity contribution in [2.75, 3.05) is 5.73 Å². The summed E-state index contributed by atoms with van der Waals surface area (Å²) in [5, 5.41) is 0. The third-order valence-corrected chi connectivity index (χ3v) is 4.02. The molecular formula is C9H6AlF3N4O4S. The van der Waals surface area contributed by atoms with Crippen molar-refractivity contribution < 1.29 is 30.6 Å². The van der Waals surface area contributed by atoms with Gasteiger partial charge in [-0.05, 0) is 6.92 Å². The van der Waals surface area contributed by atoms with Gasteiger partial charge in [-0.3, -0.25) is 4.79 Å². The molecule has 2 N–H and O–H groups in total. The zero-order valence-electron chi connectivity index (χ0n) is 10.7. The Hall–Kier alpha value is -1.84. The van der Waals surface area contributed by atoms with Gasteiger partial charge in [0.05, 0.1) is 17.6 Å². The van der Waals surface area contributed by atoms with Crippen LogP contribution >= 0.6 is 0 Å². The van der Waals surface area contributed by atoms with Crippen LogP contribution in [0, 0.1) is 0 Å². The van der Waals surface area contributed by atoms with E-state index in [0.717, 1.165) is 6.92 Å². The summed E-state index contributed by atoms with van der Waals surface area (Å²) < 4.78 is 63.7. The second-order valence-corrected chi connectivity index (χ2v) is 6.10. The van der Waals surface area contributed by atoms with Gasteiger partial charge >= 0.3 is 32.1 Å². The first-order valence-electron chi connectivity index (χ1n) is 5.39. The molecular weight excluding hydrogens is 344 g/mol. The zero-order valence-corrected chi connectivity index (χ0v) is 12.7. The van der Waals surface area contributed by atoms with E-state index in [0.29, 0.717) is 6.20 Å². The molecule has 116 valence electrons. The Bertz CT molecular complexity index is 877. The number of fused-ring (bicyclic) bond motifs is 1. The number of nitrogens with two attached hydrogens (primary N) is 1. The monoisotopic (exact) mass is 350 g/mol. The van der Waals surface area contributed by atoms with Crippen LogP contribution in [0.3, 0.4) is 0 Å². The number of alkyl halides is 3. The molecule has 0 fully saturated rings. The predicted molar refractivity (Wildman–Crippen MR) is 68.7 cm³/mol. The fraction of sp³-hybridized carbons (Fsp3) is 0.222. The lowest BCUT2D eigenvalue weighted by molar-refractivity contribution is -0.0501. The molecule has 0 amide bonds. The number of carbonyl (C=O) groups excluding carboxylic acids is 1. The number of Topliss-reactive ketones (excluding diaryl/α,β-unsaturated/α-hetero) is 1. The number of hydrogen-bond acceptors (Lipinski definition) is 7. The highest BCUT2D eigenvalue weighted by Gasteiger charge is 2.49. The van der Waals surface area contributed by atoms with Gasteiger partial charge in [-0.2, -0.15) is 21.6 Å². The molecule has 2 aromatic heterocycles. The maximum atomic E-state index is 12.3. The molecule has 2 radical (unpaired) electrons. The number of ketones is 1. The molecule has 2 aromatic rings. The Labute approximate surface area is 129 Å². The van der Waals surface area contributed by atoms with Gasteiger partial charge in [0, 0.05) is 0 Å². The minimum Gasteiger partial charge on any atom is -0.423 e. The Morgan fingerprint density at radius 1 is 1.45 bits per heavy atom. The van der Waals surface area contributed by atoms with Gasteiger partial charge in [0.2, 0.25) is 0 Å². The molecule has 0 unspecified atom stereocenters. The molecule has 2 rings (SSSR count). The molecule has 0 aromatic carbocycles. The average Bonchev–Trinajstić information content (AvgIpc) is 2.59. The van der Waals surface area contributed by atoms with Crippen molar-refractivity contribution in [3.63, 3.8) is 0 Å². The summed E-state index contributed by atoms with van der Waals surface area (Å²) in [7, 11) is -5.89. The van der Waals surface area contributed by atoms with Crippen LogP contribution in [-0.4, -0.2) is 49.7 Å². The number of aromatic nitrogens is 3. The zero-order chi connectivity index (χ0) is 16.9. The first kappa shape index (κ1) is 16.5. The van der Waals surface area contributed by atoms with E-state index in [2.05, 4.69) is 30.7 Å². The molecule has 2 heterocycles. The standard InChI is InChI=1S/C9H7F3N4O4S.Al/c1-3(17)5-6-8(16-7(5)13)14-2-4(15-6)20-21(18,19)9(10,11)12;/h2H,1H3,(H3,13,14,15,16,17);/q;+1/p-1. The second kappa shape index (κ2) is 5.11. The molecule has 0 aliphatic heterocycles. The molecule has 8 nitrogen and oxygen atoms in total. The topological polar surface area (TPSA) is 117 Å². The molecule has 0 bridgehead atoms. The van der Waals surface area contributed by atoms with Crippen LogP contribution in [0.5, 0.6) is 5.88 Å². The molecule has 13 heteroatoms. The van der Waals surface area contributed by atoms with Crippen LogP contribution in [0.4, 0.5) is 19.0 Å². The van der Waals surface area contributed by atoms with Crippen LogP contribution in [-0.2, 0) is 10.1 Å². The van der Waals surface area contributed by atoms with Crippen LogP contribution in [0.25, 0.3) is 11.2 Å². The Morgan fingerprint density at radius 2 is 2.05 bits per heavy atom. The highest BCUT2D eigenvalue weighted by atomic mass is 32.2. The van der Waals surface area contributed by atoms with Gasteiger partial charge in [-0.1, -0.05) is 0 Å². The Kier molecular flexibility index (Phi) is 3.84. The van der Waals surface area contributed by atoms with E-state index in [1.54, 1.807) is 0 Å². The van der Waals surface area contributed by atoms with E-state index in [-0.39, 0.29) is 22.5 Å². The van der Waals surface area contributed by atoms with E-state index in [4.69, 9.17) is 5.73 Å². The maximum Gasteiger partial charge on any atom is 0.534 e. The maximum absolute atomic E-state index is 12.3. The van der Waals surface area contributed by atoms with Crippen LogP contribution in [0.2, 0.25) is 0 Å². The van der Waals surface area contributed by atoms with Crippen molar-refractivity contribution in [3.05, 3.63) is 11.8 Å². The van der Waals surface area contributed by atoms with Gasteiger partial charge in [0.15, 0.2) is 5.78 Å². The summed E-state index contributed by atoms with van der Waals surface area (Å²) in [4.78, 5) is 18.8. The van der Waals surface area contributed by atoms with Gasteiger partial charge in [-0.15, -0.1) is 0 Å². The molecule has 22 heavy (non-hydrogen) atoms. The van der Waals surface area contributed by atoms with Crippen molar-refractivity contribution in [2.45, 2.75) is 12.4 Å². The third kappa shape index (κ3) is 2.62. The fourth-order valence-corrected chi connectivity index (χ4v) is 2.33. The molecule has 0 spiro atoms. The summed E-state index contributed by atoms with van der Waals surface area (Å²) in [6.07, 6.45) is 0.676. The summed E-state index contributed by atoms with van der Waals surface area (Å²) in [6, 6.07) is 0. The van der Waals surface area contributed by atoms with Crippen LogP contribution in [0.1, 0.15) is 17.3 Å². The van der Waals surface area contributed by atoms with Crippen molar-refractivity contribution in [3.8, 4) is 5.88 Å². The number of anilines is 1. The minimum absolute atomic E-state index is 0.0386. The predicted octanol–water partition coefficient (Wildman–Crippen LogP) is 0.376. The smallest absolute Gasteiger partial charge is 0.423 e. The number of hydrogen-bond donors (Lipinski definition) is 1. The highest BCUT2D eigenvalue weighted by Crippen LogP contribution is 2.29. The van der Waals surface area contributed by atoms with Crippen LogP contribution in [0.15, 0.2) is 6.20 Å². The van der Waals surface area contributed by atoms with Crippen LogP contribution < -0.4 is 9.92 Å². The van der Waals surface area contributed by atoms with Crippen molar-refractivity contribution in [1.29, 1.82) is 0 Å². The number of nitrogen functional groups attached to an aromatic ring is 1. The number of rotatable bonds is 3. The molecule has 0 aliphatic carbocycles. The second-order valence-electron chi connectivity index (χ2n) is 4.05. The average molecular weight is 350 g/mol. The summed E-state index contributed by atoms with van der Waals surface area (Å²) in [5.74, 6) is -1.49. The van der Waals surface area contributed by atoms with E-state index in [1.165, 1.54) is 3.55 Å². The number of halogens is 3. The van der Waals surface area contributed by atoms with Gasteiger partial charge in [-0.25, -0.2) is 9.97 Å². The third-order valence-electron chi connectivity index (χ3n) is 2.54.